The number of amides is 2. The second kappa shape index (κ2) is 7.26. The molecular formula is C17H15FN4O4. The van der Waals surface area contributed by atoms with Crippen LogP contribution in [-0.2, 0) is 16.1 Å². The van der Waals surface area contributed by atoms with Crippen molar-refractivity contribution >= 4 is 23.2 Å². The van der Waals surface area contributed by atoms with Gasteiger partial charge in [-0.1, -0.05) is 6.07 Å². The summed E-state index contributed by atoms with van der Waals surface area (Å²) in [4.78, 5) is 40.2. The zero-order chi connectivity index (χ0) is 18.7. The number of anilines is 1. The largest absolute Gasteiger partial charge is 0.336 e. The molecule has 0 saturated carbocycles. The summed E-state index contributed by atoms with van der Waals surface area (Å²) in [6.45, 7) is 0.465. The highest BCUT2D eigenvalue weighted by Crippen LogP contribution is 2.25. The zero-order valence-electron chi connectivity index (χ0n) is 13.6. The van der Waals surface area contributed by atoms with E-state index in [-0.39, 0.29) is 36.8 Å². The minimum Gasteiger partial charge on any atom is -0.336 e. The third-order valence-electron chi connectivity index (χ3n) is 4.08. The van der Waals surface area contributed by atoms with E-state index in [1.54, 1.807) is 24.4 Å². The zero-order valence-corrected chi connectivity index (χ0v) is 13.6. The monoisotopic (exact) mass is 358 g/mol. The maximum Gasteiger partial charge on any atom is 0.271 e. The molecule has 1 unspecified atom stereocenters. The van der Waals surface area contributed by atoms with E-state index in [2.05, 4.69) is 10.3 Å². The molecule has 8 nitrogen and oxygen atoms in total. The van der Waals surface area contributed by atoms with Crippen molar-refractivity contribution in [1.82, 2.24) is 9.88 Å². The number of non-ortho nitro benzene ring substituents is 1. The second-order valence-electron chi connectivity index (χ2n) is 5.91. The lowest BCUT2D eigenvalue weighted by molar-refractivity contribution is -0.384. The van der Waals surface area contributed by atoms with Gasteiger partial charge in [0.05, 0.1) is 28.8 Å². The van der Waals surface area contributed by atoms with Gasteiger partial charge < -0.3 is 10.2 Å². The topological polar surface area (TPSA) is 105 Å². The van der Waals surface area contributed by atoms with Gasteiger partial charge in [0.2, 0.25) is 11.8 Å². The first-order chi connectivity index (χ1) is 12.4. The van der Waals surface area contributed by atoms with Crippen LogP contribution in [0.3, 0.4) is 0 Å². The first-order valence-electron chi connectivity index (χ1n) is 7.86. The molecule has 1 aliphatic rings. The van der Waals surface area contributed by atoms with Gasteiger partial charge in [0.25, 0.3) is 5.69 Å². The summed E-state index contributed by atoms with van der Waals surface area (Å²) >= 11 is 0. The molecule has 26 heavy (non-hydrogen) atoms. The van der Waals surface area contributed by atoms with Gasteiger partial charge in [0.1, 0.15) is 5.82 Å². The summed E-state index contributed by atoms with van der Waals surface area (Å²) in [5.41, 5.74) is 0.0902. The van der Waals surface area contributed by atoms with E-state index < -0.39 is 22.6 Å². The maximum absolute atomic E-state index is 13.8. The Hall–Kier alpha value is -3.36. The number of nitrogens with one attached hydrogen (secondary N) is 1. The predicted octanol–water partition coefficient (Wildman–Crippen LogP) is 2.12. The Morgan fingerprint density at radius 3 is 2.88 bits per heavy atom. The van der Waals surface area contributed by atoms with E-state index in [0.717, 1.165) is 18.2 Å². The van der Waals surface area contributed by atoms with Gasteiger partial charge in [0, 0.05) is 31.3 Å². The molecule has 134 valence electrons. The standard InChI is InChI=1S/C17H15FN4O4/c18-14-5-4-13(22(25)26)8-15(14)20-17(24)11-7-16(23)21(9-11)10-12-3-1-2-6-19-12/h1-6,8,11H,7,9-10H2,(H,20,24). The Kier molecular flexibility index (Phi) is 4.87. The molecule has 0 spiro atoms. The first-order valence-corrected chi connectivity index (χ1v) is 7.86. The average Bonchev–Trinajstić information content (AvgIpc) is 2.98. The van der Waals surface area contributed by atoms with Gasteiger partial charge in [-0.2, -0.15) is 0 Å². The lowest BCUT2D eigenvalue weighted by Crippen LogP contribution is -2.28. The number of halogens is 1. The Balaban J connectivity index is 1.67. The molecule has 3 rings (SSSR count). The number of benzene rings is 1. The highest BCUT2D eigenvalue weighted by molar-refractivity contribution is 5.97. The number of hydrogen-bond acceptors (Lipinski definition) is 5. The fraction of sp³-hybridized carbons (Fsp3) is 0.235. The van der Waals surface area contributed by atoms with Gasteiger partial charge in [-0.25, -0.2) is 4.39 Å². The number of likely N-dealkylation sites (tertiary alicyclic amines) is 1. The number of nitrogens with zero attached hydrogens (tertiary/aromatic N) is 3. The van der Waals surface area contributed by atoms with Crippen LogP contribution in [0.15, 0.2) is 42.6 Å². The fourth-order valence-electron chi connectivity index (χ4n) is 2.75. The smallest absolute Gasteiger partial charge is 0.271 e. The van der Waals surface area contributed by atoms with Crippen LogP contribution in [0.5, 0.6) is 0 Å². The fourth-order valence-corrected chi connectivity index (χ4v) is 2.75. The van der Waals surface area contributed by atoms with E-state index in [9.17, 15) is 24.1 Å². The number of pyridine rings is 1. The van der Waals surface area contributed by atoms with Crippen LogP contribution in [0.2, 0.25) is 0 Å². The number of rotatable bonds is 5. The predicted molar refractivity (Wildman–Crippen MR) is 89.4 cm³/mol. The minimum absolute atomic E-state index is 0.00475. The lowest BCUT2D eigenvalue weighted by Gasteiger charge is -2.16. The number of nitro groups is 1. The van der Waals surface area contributed by atoms with E-state index in [1.165, 1.54) is 4.90 Å². The van der Waals surface area contributed by atoms with Crippen molar-refractivity contribution in [2.75, 3.05) is 11.9 Å². The Morgan fingerprint density at radius 1 is 1.38 bits per heavy atom. The first kappa shape index (κ1) is 17.5. The summed E-state index contributed by atoms with van der Waals surface area (Å²) in [6, 6.07) is 8.23. The summed E-state index contributed by atoms with van der Waals surface area (Å²) in [6.07, 6.45) is 1.61. The maximum atomic E-state index is 13.8. The quantitative estimate of drug-likeness (QED) is 0.651. The number of carbonyl (C=O) groups excluding carboxylic acids is 2. The number of hydrogen-bond donors (Lipinski definition) is 1. The molecule has 1 atom stereocenters. The van der Waals surface area contributed by atoms with E-state index in [1.807, 2.05) is 0 Å². The van der Waals surface area contributed by atoms with Crippen LogP contribution >= 0.6 is 0 Å². The van der Waals surface area contributed by atoms with E-state index in [0.29, 0.717) is 5.69 Å². The molecule has 1 fully saturated rings. The molecule has 2 aromatic rings. The van der Waals surface area contributed by atoms with Crippen molar-refractivity contribution in [2.45, 2.75) is 13.0 Å². The summed E-state index contributed by atoms with van der Waals surface area (Å²) in [7, 11) is 0. The molecule has 1 aromatic heterocycles. The van der Waals surface area contributed by atoms with Crippen molar-refractivity contribution in [3.05, 3.63) is 64.2 Å². The summed E-state index contributed by atoms with van der Waals surface area (Å²) in [5, 5.41) is 13.1. The molecule has 1 N–H and O–H groups in total. The van der Waals surface area contributed by atoms with Crippen LogP contribution in [0.4, 0.5) is 15.8 Å². The molecule has 2 amide bonds. The Bertz CT molecular complexity index is 859. The molecule has 9 heteroatoms. The van der Waals surface area contributed by atoms with Crippen molar-refractivity contribution in [2.24, 2.45) is 5.92 Å². The van der Waals surface area contributed by atoms with Crippen LogP contribution in [0.25, 0.3) is 0 Å². The Labute approximate surface area is 147 Å². The van der Waals surface area contributed by atoms with Gasteiger partial charge in [-0.05, 0) is 18.2 Å². The van der Waals surface area contributed by atoms with Gasteiger partial charge in [-0.15, -0.1) is 0 Å². The third kappa shape index (κ3) is 3.82. The Morgan fingerprint density at radius 2 is 2.19 bits per heavy atom. The highest BCUT2D eigenvalue weighted by atomic mass is 19.1. The van der Waals surface area contributed by atoms with Crippen molar-refractivity contribution < 1.29 is 18.9 Å². The van der Waals surface area contributed by atoms with E-state index >= 15 is 0 Å². The van der Waals surface area contributed by atoms with Gasteiger partial charge >= 0.3 is 0 Å². The molecule has 1 saturated heterocycles. The summed E-state index contributed by atoms with van der Waals surface area (Å²) in [5.74, 6) is -2.19. The van der Waals surface area contributed by atoms with Crippen molar-refractivity contribution in [3.8, 4) is 0 Å². The van der Waals surface area contributed by atoms with Crippen LogP contribution in [0, 0.1) is 21.8 Å². The molecule has 0 radical (unpaired) electrons. The second-order valence-corrected chi connectivity index (χ2v) is 5.91. The number of nitro benzene ring substituents is 1. The van der Waals surface area contributed by atoms with Crippen molar-refractivity contribution in [1.29, 1.82) is 0 Å². The lowest BCUT2D eigenvalue weighted by atomic mass is 10.1. The normalized spacial score (nSPS) is 16.6. The van der Waals surface area contributed by atoms with Gasteiger partial charge in [0.15, 0.2) is 0 Å². The molecule has 1 aromatic carbocycles. The third-order valence-corrected chi connectivity index (χ3v) is 4.08. The summed E-state index contributed by atoms with van der Waals surface area (Å²) < 4.78 is 13.8. The molecule has 1 aliphatic heterocycles. The molecule has 0 aliphatic carbocycles. The molecule has 0 bridgehead atoms. The van der Waals surface area contributed by atoms with Gasteiger partial charge in [-0.3, -0.25) is 24.7 Å². The van der Waals surface area contributed by atoms with Crippen LogP contribution < -0.4 is 5.32 Å². The minimum atomic E-state index is -0.779. The van der Waals surface area contributed by atoms with Crippen LogP contribution in [-0.4, -0.2) is 33.2 Å². The van der Waals surface area contributed by atoms with E-state index in [4.69, 9.17) is 0 Å². The number of aromatic nitrogens is 1. The molecule has 2 heterocycles. The molecular weight excluding hydrogens is 343 g/mol. The van der Waals surface area contributed by atoms with Crippen molar-refractivity contribution in [3.63, 3.8) is 0 Å². The average molecular weight is 358 g/mol. The number of carbonyl (C=O) groups is 2. The SMILES string of the molecule is O=C(Nc1cc([N+](=O)[O-])ccc1F)C1CC(=O)N(Cc2ccccn2)C1. The highest BCUT2D eigenvalue weighted by Gasteiger charge is 2.34. The van der Waals surface area contributed by atoms with Crippen LogP contribution in [0.1, 0.15) is 12.1 Å².